The third kappa shape index (κ3) is 3.59. The highest BCUT2D eigenvalue weighted by atomic mass is 79.9. The molecule has 1 saturated heterocycles. The number of ether oxygens (including phenoxy) is 1. The summed E-state index contributed by atoms with van der Waals surface area (Å²) in [4.78, 5) is 7.06. The number of rotatable bonds is 4. The zero-order valence-corrected chi connectivity index (χ0v) is 17.3. The number of fused-ring (bicyclic) bond motifs is 1. The Balaban J connectivity index is 1.72. The first-order chi connectivity index (χ1) is 12.1. The van der Waals surface area contributed by atoms with E-state index in [4.69, 9.17) is 22.1 Å². The van der Waals surface area contributed by atoms with Crippen molar-refractivity contribution in [1.82, 2.24) is 4.98 Å². The molecule has 3 N–H and O–H groups in total. The first kappa shape index (κ1) is 17.7. The van der Waals surface area contributed by atoms with Gasteiger partial charge in [0.25, 0.3) is 0 Å². The van der Waals surface area contributed by atoms with Gasteiger partial charge in [0.2, 0.25) is 0 Å². The molecule has 1 aliphatic heterocycles. The Morgan fingerprint density at radius 3 is 3.12 bits per heavy atom. The van der Waals surface area contributed by atoms with E-state index >= 15 is 0 Å². The molecule has 3 aromatic heterocycles. The lowest BCUT2D eigenvalue weighted by atomic mass is 9.94. The van der Waals surface area contributed by atoms with Crippen LogP contribution in [0.1, 0.15) is 22.1 Å². The minimum atomic E-state index is 0.0103. The molecule has 132 valence electrons. The Morgan fingerprint density at radius 2 is 2.36 bits per heavy atom. The van der Waals surface area contributed by atoms with Crippen LogP contribution in [-0.2, 0) is 11.3 Å². The summed E-state index contributed by atoms with van der Waals surface area (Å²) in [6.07, 6.45) is 0.929. The van der Waals surface area contributed by atoms with E-state index in [9.17, 15) is 0 Å². The Hall–Kier alpha value is -0.700. The number of nitrogens with two attached hydrogens (primary N) is 1. The van der Waals surface area contributed by atoms with Gasteiger partial charge in [0.05, 0.1) is 27.0 Å². The van der Waals surface area contributed by atoms with Gasteiger partial charge in [-0.15, -0.1) is 22.7 Å². The molecular weight excluding hydrogens is 442 g/mol. The molecule has 0 radical (unpaired) electrons. The number of nitrogens with one attached hydrogen (secondary N) is 1. The molecule has 0 saturated carbocycles. The summed E-state index contributed by atoms with van der Waals surface area (Å²) >= 11 is 13.5. The van der Waals surface area contributed by atoms with Crippen LogP contribution in [-0.4, -0.2) is 24.2 Å². The first-order valence-electron chi connectivity index (χ1n) is 8.01. The topological polar surface area (TPSA) is 60.2 Å². The van der Waals surface area contributed by atoms with Crippen LogP contribution in [0, 0.1) is 0 Å². The SMILES string of the molecule is NC1COCCC1c1sc2c(NCc3cccs3)cc(Cl)nc2c1Br. The summed E-state index contributed by atoms with van der Waals surface area (Å²) in [6.45, 7) is 2.12. The summed E-state index contributed by atoms with van der Waals surface area (Å²) in [5, 5.41) is 6.08. The molecular formula is C17H17BrClN3OS2. The van der Waals surface area contributed by atoms with Crippen LogP contribution in [0.15, 0.2) is 28.1 Å². The van der Waals surface area contributed by atoms with Crippen molar-refractivity contribution in [2.45, 2.75) is 24.9 Å². The van der Waals surface area contributed by atoms with E-state index in [2.05, 4.69) is 43.7 Å². The molecule has 0 bridgehead atoms. The average Bonchev–Trinajstić information content (AvgIpc) is 3.22. The van der Waals surface area contributed by atoms with Crippen molar-refractivity contribution in [1.29, 1.82) is 0 Å². The second kappa shape index (κ2) is 7.50. The molecule has 0 aromatic carbocycles. The van der Waals surface area contributed by atoms with Gasteiger partial charge in [0.1, 0.15) is 5.15 Å². The Labute approximate surface area is 167 Å². The monoisotopic (exact) mass is 457 g/mol. The van der Waals surface area contributed by atoms with Gasteiger partial charge in [-0.3, -0.25) is 0 Å². The molecule has 4 nitrogen and oxygen atoms in total. The second-order valence-corrected chi connectivity index (χ2v) is 9.28. The molecule has 2 unspecified atom stereocenters. The predicted octanol–water partition coefficient (Wildman–Crippen LogP) is 5.22. The lowest BCUT2D eigenvalue weighted by Crippen LogP contribution is -2.37. The van der Waals surface area contributed by atoms with Gasteiger partial charge >= 0.3 is 0 Å². The maximum atomic E-state index is 6.29. The van der Waals surface area contributed by atoms with Crippen molar-refractivity contribution < 1.29 is 4.74 Å². The first-order valence-corrected chi connectivity index (χ1v) is 10.9. The van der Waals surface area contributed by atoms with Gasteiger partial charge in [-0.05, 0) is 33.8 Å². The summed E-state index contributed by atoms with van der Waals surface area (Å²) in [6, 6.07) is 6.09. The van der Waals surface area contributed by atoms with Gasteiger partial charge in [-0.25, -0.2) is 4.98 Å². The highest BCUT2D eigenvalue weighted by Gasteiger charge is 2.29. The van der Waals surface area contributed by atoms with Crippen molar-refractivity contribution in [3.05, 3.63) is 43.0 Å². The predicted molar refractivity (Wildman–Crippen MR) is 110 cm³/mol. The van der Waals surface area contributed by atoms with Crippen LogP contribution in [0.5, 0.6) is 0 Å². The maximum Gasteiger partial charge on any atom is 0.131 e. The third-order valence-corrected chi connectivity index (χ3v) is 7.83. The van der Waals surface area contributed by atoms with E-state index in [1.807, 2.05) is 6.07 Å². The van der Waals surface area contributed by atoms with Gasteiger partial charge in [0.15, 0.2) is 0 Å². The molecule has 3 aromatic rings. The van der Waals surface area contributed by atoms with Crippen molar-refractivity contribution in [3.63, 3.8) is 0 Å². The summed E-state index contributed by atoms with van der Waals surface area (Å²) < 4.78 is 7.61. The zero-order chi connectivity index (χ0) is 17.4. The molecule has 2 atom stereocenters. The van der Waals surface area contributed by atoms with Crippen molar-refractivity contribution in [2.75, 3.05) is 18.5 Å². The number of halogens is 2. The molecule has 0 aliphatic carbocycles. The van der Waals surface area contributed by atoms with Gasteiger partial charge in [-0.2, -0.15) is 0 Å². The number of anilines is 1. The highest BCUT2D eigenvalue weighted by molar-refractivity contribution is 9.10. The largest absolute Gasteiger partial charge is 0.380 e. The fraction of sp³-hybridized carbons (Fsp3) is 0.353. The van der Waals surface area contributed by atoms with E-state index in [1.165, 1.54) is 9.75 Å². The summed E-state index contributed by atoms with van der Waals surface area (Å²) in [5.41, 5.74) is 8.21. The number of nitrogens with zero attached hydrogens (tertiary/aromatic N) is 1. The maximum absolute atomic E-state index is 6.29. The number of hydrogen-bond acceptors (Lipinski definition) is 6. The van der Waals surface area contributed by atoms with Crippen LogP contribution in [0.25, 0.3) is 10.2 Å². The number of aromatic nitrogens is 1. The molecule has 4 heterocycles. The molecule has 25 heavy (non-hydrogen) atoms. The van der Waals surface area contributed by atoms with Crippen molar-refractivity contribution >= 4 is 66.1 Å². The quantitative estimate of drug-likeness (QED) is 0.526. The Morgan fingerprint density at radius 1 is 1.48 bits per heavy atom. The van der Waals surface area contributed by atoms with Gasteiger partial charge in [0, 0.05) is 40.9 Å². The van der Waals surface area contributed by atoms with Gasteiger partial charge < -0.3 is 15.8 Å². The molecule has 1 fully saturated rings. The van der Waals surface area contributed by atoms with Crippen molar-refractivity contribution in [3.8, 4) is 0 Å². The second-order valence-electron chi connectivity index (χ2n) is 6.02. The summed E-state index contributed by atoms with van der Waals surface area (Å²) in [5.74, 6) is 0.284. The Bertz CT molecular complexity index is 884. The minimum absolute atomic E-state index is 0.0103. The molecule has 4 rings (SSSR count). The normalized spacial score (nSPS) is 20.9. The molecule has 0 amide bonds. The van der Waals surface area contributed by atoms with Gasteiger partial charge in [-0.1, -0.05) is 17.7 Å². The van der Waals surface area contributed by atoms with Crippen LogP contribution in [0.2, 0.25) is 5.15 Å². The number of pyridine rings is 1. The molecule has 8 heteroatoms. The lowest BCUT2D eigenvalue weighted by Gasteiger charge is -2.28. The number of thiophene rings is 2. The van der Waals surface area contributed by atoms with Crippen LogP contribution < -0.4 is 11.1 Å². The van der Waals surface area contributed by atoms with Crippen LogP contribution in [0.4, 0.5) is 5.69 Å². The fourth-order valence-corrected chi connectivity index (χ4v) is 6.21. The zero-order valence-electron chi connectivity index (χ0n) is 13.3. The van der Waals surface area contributed by atoms with E-state index in [0.717, 1.165) is 39.9 Å². The third-order valence-electron chi connectivity index (χ3n) is 4.35. The van der Waals surface area contributed by atoms with E-state index in [0.29, 0.717) is 11.8 Å². The summed E-state index contributed by atoms with van der Waals surface area (Å²) in [7, 11) is 0. The fourth-order valence-electron chi connectivity index (χ4n) is 3.08. The molecule has 0 spiro atoms. The average molecular weight is 459 g/mol. The van der Waals surface area contributed by atoms with Crippen LogP contribution in [0.3, 0.4) is 0 Å². The van der Waals surface area contributed by atoms with Crippen LogP contribution >= 0.6 is 50.2 Å². The highest BCUT2D eigenvalue weighted by Crippen LogP contribution is 2.45. The van der Waals surface area contributed by atoms with Crippen molar-refractivity contribution in [2.24, 2.45) is 5.73 Å². The van der Waals surface area contributed by atoms with E-state index < -0.39 is 0 Å². The van der Waals surface area contributed by atoms with E-state index in [-0.39, 0.29) is 12.0 Å². The lowest BCUT2D eigenvalue weighted by molar-refractivity contribution is 0.0702. The standard InChI is InChI=1S/C17H17BrClN3OS2/c18-14-15-17(25-16(14)10-3-4-23-8-11(10)20)12(6-13(19)22-15)21-7-9-2-1-5-24-9/h1-2,5-6,10-11H,3-4,7-8,20H2,(H,21,22). The van der Waals surface area contributed by atoms with E-state index in [1.54, 1.807) is 22.7 Å². The Kier molecular flexibility index (Phi) is 5.31. The smallest absolute Gasteiger partial charge is 0.131 e. The minimum Gasteiger partial charge on any atom is -0.380 e. The number of hydrogen-bond donors (Lipinski definition) is 2. The molecule has 1 aliphatic rings.